The van der Waals surface area contributed by atoms with Crippen LogP contribution < -0.4 is 10.9 Å². The van der Waals surface area contributed by atoms with Crippen LogP contribution >= 0.6 is 23.4 Å². The molecule has 2 rings (SSSR count). The maximum atomic E-state index is 11.8. The number of thioether (sulfide) groups is 1. The van der Waals surface area contributed by atoms with Gasteiger partial charge in [0.1, 0.15) is 0 Å². The fourth-order valence-electron chi connectivity index (χ4n) is 1.91. The third-order valence-corrected chi connectivity index (χ3v) is 4.14. The molecule has 2 aromatic rings. The van der Waals surface area contributed by atoms with Crippen molar-refractivity contribution in [1.29, 1.82) is 0 Å². The third-order valence-electron chi connectivity index (χ3n) is 3.07. The van der Waals surface area contributed by atoms with Gasteiger partial charge in [0.25, 0.3) is 11.8 Å². The Balaban J connectivity index is 1.69. The summed E-state index contributed by atoms with van der Waals surface area (Å²) in [7, 11) is 0. The number of hydrogen-bond acceptors (Lipinski definition) is 7. The van der Waals surface area contributed by atoms with Gasteiger partial charge in [0.05, 0.1) is 5.75 Å². The second kappa shape index (κ2) is 9.89. The van der Waals surface area contributed by atoms with Crippen LogP contribution in [0, 0.1) is 13.8 Å². The maximum Gasteiger partial charge on any atom is 0.316 e. The largest absolute Gasteiger partial charge is 0.455 e. The van der Waals surface area contributed by atoms with Crippen LogP contribution in [0.3, 0.4) is 0 Å². The van der Waals surface area contributed by atoms with Gasteiger partial charge in [0.2, 0.25) is 0 Å². The van der Waals surface area contributed by atoms with Gasteiger partial charge in [-0.1, -0.05) is 23.4 Å². The molecule has 27 heavy (non-hydrogen) atoms. The quantitative estimate of drug-likeness (QED) is 0.325. The van der Waals surface area contributed by atoms with Gasteiger partial charge in [-0.05, 0) is 44.2 Å². The van der Waals surface area contributed by atoms with Crippen molar-refractivity contribution in [2.75, 3.05) is 12.4 Å². The van der Waals surface area contributed by atoms with Crippen LogP contribution in [0.25, 0.3) is 0 Å². The highest BCUT2D eigenvalue weighted by Crippen LogP contribution is 2.14. The summed E-state index contributed by atoms with van der Waals surface area (Å²) >= 11 is 6.85. The Morgan fingerprint density at radius 1 is 1.07 bits per heavy atom. The molecule has 0 aliphatic rings. The topological polar surface area (TPSA) is 110 Å². The van der Waals surface area contributed by atoms with Gasteiger partial charge < -0.3 is 4.74 Å². The summed E-state index contributed by atoms with van der Waals surface area (Å²) in [6.07, 6.45) is 0. The lowest BCUT2D eigenvalue weighted by molar-refractivity contribution is -0.146. The van der Waals surface area contributed by atoms with Crippen LogP contribution in [0.15, 0.2) is 35.5 Å². The van der Waals surface area contributed by atoms with Crippen LogP contribution in [-0.2, 0) is 14.3 Å². The number of aromatic nitrogens is 2. The molecule has 0 radical (unpaired) electrons. The number of rotatable bonds is 6. The lowest BCUT2D eigenvalue weighted by atomic mass is 10.2. The zero-order valence-electron chi connectivity index (χ0n) is 14.6. The zero-order chi connectivity index (χ0) is 19.8. The molecule has 2 N–H and O–H groups in total. The normalized spacial score (nSPS) is 10.2. The molecule has 0 fully saturated rings. The smallest absolute Gasteiger partial charge is 0.316 e. The molecule has 8 nitrogen and oxygen atoms in total. The second-order valence-electron chi connectivity index (χ2n) is 5.39. The Morgan fingerprint density at radius 3 is 2.33 bits per heavy atom. The Morgan fingerprint density at radius 2 is 1.70 bits per heavy atom. The van der Waals surface area contributed by atoms with Gasteiger partial charge in [-0.15, -0.1) is 0 Å². The fraction of sp³-hybridized carbons (Fsp3) is 0.235. The van der Waals surface area contributed by atoms with Crippen molar-refractivity contribution >= 4 is 41.1 Å². The summed E-state index contributed by atoms with van der Waals surface area (Å²) < 4.78 is 4.84. The van der Waals surface area contributed by atoms with Crippen LogP contribution in [0.4, 0.5) is 0 Å². The highest BCUT2D eigenvalue weighted by molar-refractivity contribution is 7.99. The first-order valence-electron chi connectivity index (χ1n) is 7.79. The number of benzene rings is 1. The van der Waals surface area contributed by atoms with Crippen LogP contribution in [0.5, 0.6) is 0 Å². The number of aryl methyl sites for hydroxylation is 2. The summed E-state index contributed by atoms with van der Waals surface area (Å²) in [6, 6.07) is 7.95. The molecule has 1 heterocycles. The molecule has 1 aromatic carbocycles. The number of carbonyl (C=O) groups excluding carboxylic acids is 3. The van der Waals surface area contributed by atoms with E-state index in [1.54, 1.807) is 12.1 Å². The Kier molecular flexibility index (Phi) is 7.56. The predicted molar refractivity (Wildman–Crippen MR) is 100 cm³/mol. The van der Waals surface area contributed by atoms with E-state index >= 15 is 0 Å². The average molecular weight is 409 g/mol. The SMILES string of the molecule is Cc1cc(C)nc(SCC(=O)OCC(=O)NNC(=O)c2ccc(Cl)cc2)n1. The summed E-state index contributed by atoms with van der Waals surface area (Å²) in [4.78, 5) is 43.6. The monoisotopic (exact) mass is 408 g/mol. The number of nitrogens with zero attached hydrogens (tertiary/aromatic N) is 2. The van der Waals surface area contributed by atoms with E-state index < -0.39 is 24.4 Å². The van der Waals surface area contributed by atoms with Crippen LogP contribution in [-0.4, -0.2) is 40.1 Å². The van der Waals surface area contributed by atoms with E-state index in [4.69, 9.17) is 16.3 Å². The minimum Gasteiger partial charge on any atom is -0.455 e. The van der Waals surface area contributed by atoms with Crippen molar-refractivity contribution in [2.24, 2.45) is 0 Å². The summed E-state index contributed by atoms with van der Waals surface area (Å²) in [5, 5.41) is 0.954. The van der Waals surface area contributed by atoms with Gasteiger partial charge in [0, 0.05) is 22.0 Å². The molecule has 0 unspecified atom stereocenters. The standard InChI is InChI=1S/C17H17ClN4O4S/c1-10-7-11(2)20-17(19-10)27-9-15(24)26-8-14(23)21-22-16(25)12-3-5-13(18)6-4-12/h3-7H,8-9H2,1-2H3,(H,21,23)(H,22,25). The van der Waals surface area contributed by atoms with Gasteiger partial charge >= 0.3 is 5.97 Å². The molecule has 0 bridgehead atoms. The van der Waals surface area contributed by atoms with Crippen molar-refractivity contribution in [3.05, 3.63) is 52.3 Å². The van der Waals surface area contributed by atoms with Crippen LogP contribution in [0.1, 0.15) is 21.7 Å². The Labute approximate surface area is 165 Å². The number of hydrazine groups is 1. The summed E-state index contributed by atoms with van der Waals surface area (Å²) in [5.74, 6) is -1.82. The fourth-order valence-corrected chi connectivity index (χ4v) is 2.78. The first kappa shape index (κ1) is 20.7. The lowest BCUT2D eigenvalue weighted by Crippen LogP contribution is -2.43. The molecule has 10 heteroatoms. The first-order valence-corrected chi connectivity index (χ1v) is 9.15. The lowest BCUT2D eigenvalue weighted by Gasteiger charge is -2.08. The number of halogens is 1. The molecule has 0 saturated carbocycles. The molecule has 1 aromatic heterocycles. The number of esters is 1. The summed E-state index contributed by atoms with van der Waals surface area (Å²) in [5.41, 5.74) is 6.29. The van der Waals surface area contributed by atoms with Gasteiger partial charge in [-0.25, -0.2) is 9.97 Å². The molecular weight excluding hydrogens is 392 g/mol. The van der Waals surface area contributed by atoms with E-state index in [1.165, 1.54) is 12.1 Å². The zero-order valence-corrected chi connectivity index (χ0v) is 16.2. The molecule has 142 valence electrons. The molecule has 0 aliphatic heterocycles. The van der Waals surface area contributed by atoms with Gasteiger partial charge in [0.15, 0.2) is 11.8 Å². The first-order chi connectivity index (χ1) is 12.8. The van der Waals surface area contributed by atoms with Crippen molar-refractivity contribution in [3.63, 3.8) is 0 Å². The minimum atomic E-state index is -0.668. The van der Waals surface area contributed by atoms with E-state index in [0.717, 1.165) is 23.1 Å². The van der Waals surface area contributed by atoms with E-state index in [9.17, 15) is 14.4 Å². The maximum absolute atomic E-state index is 11.8. The summed E-state index contributed by atoms with van der Waals surface area (Å²) in [6.45, 7) is 3.15. The number of ether oxygens (including phenoxy) is 1. The second-order valence-corrected chi connectivity index (χ2v) is 6.77. The third kappa shape index (κ3) is 7.24. The van der Waals surface area contributed by atoms with E-state index in [1.807, 2.05) is 19.9 Å². The van der Waals surface area contributed by atoms with Gasteiger partial charge in [-0.3, -0.25) is 25.2 Å². The molecule has 0 spiro atoms. The predicted octanol–water partition coefficient (Wildman–Crippen LogP) is 1.84. The highest BCUT2D eigenvalue weighted by Gasteiger charge is 2.11. The van der Waals surface area contributed by atoms with Crippen molar-refractivity contribution in [3.8, 4) is 0 Å². The molecule has 0 aliphatic carbocycles. The highest BCUT2D eigenvalue weighted by atomic mass is 35.5. The molecule has 2 amide bonds. The van der Waals surface area contributed by atoms with Gasteiger partial charge in [-0.2, -0.15) is 0 Å². The molecular formula is C17H17ClN4O4S. The van der Waals surface area contributed by atoms with Crippen molar-refractivity contribution in [2.45, 2.75) is 19.0 Å². The Bertz CT molecular complexity index is 825. The number of nitrogens with one attached hydrogen (secondary N) is 2. The number of carbonyl (C=O) groups is 3. The van der Waals surface area contributed by atoms with E-state index in [2.05, 4.69) is 20.8 Å². The minimum absolute atomic E-state index is 0.0344. The van der Waals surface area contributed by atoms with Crippen molar-refractivity contribution in [1.82, 2.24) is 20.8 Å². The molecule has 0 saturated heterocycles. The van der Waals surface area contributed by atoms with E-state index in [0.29, 0.717) is 15.7 Å². The van der Waals surface area contributed by atoms with Crippen molar-refractivity contribution < 1.29 is 19.1 Å². The van der Waals surface area contributed by atoms with E-state index in [-0.39, 0.29) is 5.75 Å². The average Bonchev–Trinajstić information content (AvgIpc) is 2.62. The molecule has 0 atom stereocenters. The Hall–Kier alpha value is -2.65. The van der Waals surface area contributed by atoms with Crippen LogP contribution in [0.2, 0.25) is 5.02 Å². The number of amides is 2. The number of hydrogen-bond donors (Lipinski definition) is 2.